The number of sulfonamides is 2. The fourth-order valence-electron chi connectivity index (χ4n) is 18.1. The van der Waals surface area contributed by atoms with Crippen LogP contribution in [0.4, 0.5) is 23.0 Å². The van der Waals surface area contributed by atoms with Crippen LogP contribution in [0.3, 0.4) is 0 Å². The number of nitrogens with zero attached hydrogens (tertiary/aromatic N) is 12. The summed E-state index contributed by atoms with van der Waals surface area (Å²) in [6.45, 7) is 19.4. The number of anilines is 4. The maximum atomic E-state index is 14.0. The van der Waals surface area contributed by atoms with Crippen LogP contribution >= 0.6 is 22.7 Å². The molecule has 30 heteroatoms. The van der Waals surface area contributed by atoms with Crippen LogP contribution in [0, 0.1) is 6.92 Å². The molecule has 1 N–H and O–H groups in total. The number of aryl methyl sites for hydroxylation is 1. The molecular formula is C94H119N13O13S4. The molecule has 0 radical (unpaired) electrons. The monoisotopic (exact) mass is 1770 g/mol. The fourth-order valence-corrected chi connectivity index (χ4v) is 23.0. The molecule has 3 aromatic heterocycles. The summed E-state index contributed by atoms with van der Waals surface area (Å²) >= 11 is 2.43. The largest absolute Gasteiger partial charge is 0.493 e. The summed E-state index contributed by atoms with van der Waals surface area (Å²) in [4.78, 5) is 68.9. The molecule has 1 saturated carbocycles. The van der Waals surface area contributed by atoms with Crippen molar-refractivity contribution in [3.63, 3.8) is 0 Å². The lowest BCUT2D eigenvalue weighted by molar-refractivity contribution is 0.0681. The standard InChI is InChI=1S/C32H40N4O5S2.C32H42N4O5S2.C30H37N5O3/c1-33(43(38,39)31-10-6-20-42-31)15-5-9-27(23-11-14-29(40-2)30(21-23)41-3)36-22-26-25(32(36)37)7-4-8-28(26)35-18-16-34(17-19-35)24-12-13-24;1-23(2)34-16-18-35(19-17-34)28-10-6-9-25-26(28)22-36(32(25)37)27(24-13-14-29(40-4)30(21-24)41-5)11-7-15-33(3)43(38,39)31-12-8-20-42-31;1-21-14-16-32-30(33-21)31-15-8-11-25(22-12-13-27(37-2)28(19-22)38-3)35-20-24-23(29(35)36)9-7-10-26(24)34-17-5-4-6-18-34/h4,6-8,10-11,14,20-21,24,27H,5,9,12-13,15-19,22H2,1-3H3;6,8-10,12-14,20-21,23,27H,7,11,15-19,22H2,1-5H3;7,9-10,12-14,16,19,25H,4-6,8,11,15,17-18,20H2,1-3H3,(H,31,32,33)/t2*27-;25-/m111/s1. The van der Waals surface area contributed by atoms with Crippen molar-refractivity contribution in [2.24, 2.45) is 0 Å². The molecule has 7 aliphatic rings. The van der Waals surface area contributed by atoms with E-state index in [9.17, 15) is 31.2 Å². The maximum absolute atomic E-state index is 14.0. The number of hydrogen-bond acceptors (Lipinski definition) is 23. The molecule has 16 rings (SSSR count). The number of piperazine rings is 2. The number of fused-ring (bicyclic) bond motifs is 3. The highest BCUT2D eigenvalue weighted by molar-refractivity contribution is 7.91. The van der Waals surface area contributed by atoms with E-state index in [-0.39, 0.29) is 35.8 Å². The van der Waals surface area contributed by atoms with Crippen LogP contribution in [0.25, 0.3) is 0 Å². The van der Waals surface area contributed by atoms with Gasteiger partial charge < -0.3 is 63.1 Å². The van der Waals surface area contributed by atoms with Gasteiger partial charge in [-0.2, -0.15) is 0 Å². The number of carbonyl (C=O) groups excluding carboxylic acids is 3. The Kier molecular flexibility index (Phi) is 29.8. The zero-order valence-corrected chi connectivity index (χ0v) is 76.6. The molecule has 0 unspecified atom stereocenters. The number of ether oxygens (including phenoxy) is 6. The van der Waals surface area contributed by atoms with Crippen LogP contribution < -0.4 is 48.4 Å². The number of nitrogens with one attached hydrogen (secondary N) is 1. The van der Waals surface area contributed by atoms with Gasteiger partial charge >= 0.3 is 0 Å². The molecule has 124 heavy (non-hydrogen) atoms. The van der Waals surface area contributed by atoms with Crippen LogP contribution in [0.5, 0.6) is 34.5 Å². The van der Waals surface area contributed by atoms with Gasteiger partial charge in [0.1, 0.15) is 8.42 Å². The molecule has 3 amide bonds. The van der Waals surface area contributed by atoms with Gasteiger partial charge in [-0.05, 0) is 210 Å². The third-order valence-corrected chi connectivity index (χ3v) is 31.6. The first-order chi connectivity index (χ1) is 60.0. The second-order valence-electron chi connectivity index (χ2n) is 32.9. The van der Waals surface area contributed by atoms with Gasteiger partial charge in [0.2, 0.25) is 5.95 Å². The highest BCUT2D eigenvalue weighted by Gasteiger charge is 2.42. The normalized spacial score (nSPS) is 17.0. The molecule has 3 saturated heterocycles. The Bertz CT molecular complexity index is 5160. The van der Waals surface area contributed by atoms with Crippen LogP contribution in [0.15, 0.2) is 165 Å². The smallest absolute Gasteiger partial charge is 0.255 e. The minimum absolute atomic E-state index is 0.00277. The zero-order chi connectivity index (χ0) is 87.3. The Balaban J connectivity index is 0.000000152. The van der Waals surface area contributed by atoms with Crippen molar-refractivity contribution in [3.8, 4) is 34.5 Å². The number of piperidine rings is 1. The van der Waals surface area contributed by atoms with Crippen LogP contribution in [0.1, 0.15) is 173 Å². The summed E-state index contributed by atoms with van der Waals surface area (Å²) in [5, 5.41) is 6.86. The molecule has 9 aromatic rings. The number of amides is 3. The van der Waals surface area contributed by atoms with E-state index in [0.29, 0.717) is 120 Å². The van der Waals surface area contributed by atoms with Crippen LogP contribution in [-0.4, -0.2) is 232 Å². The number of benzene rings is 6. The highest BCUT2D eigenvalue weighted by Crippen LogP contribution is 2.46. The Morgan fingerprint density at radius 2 is 0.847 bits per heavy atom. The first-order valence-electron chi connectivity index (χ1n) is 43.3. The van der Waals surface area contributed by atoms with Gasteiger partial charge in [-0.1, -0.05) is 48.5 Å². The number of rotatable bonds is 34. The SMILES string of the molecule is COc1ccc([C@@H](CCCN(C)S(=O)(=O)c2cccs2)N2Cc3c(cccc3N3CCN(C(C)C)CC3)C2=O)cc1OC.COc1ccc([C@@H](CCCN(C)S(=O)(=O)c2cccs2)N2Cc3c(cccc3N3CCN(C4CC4)CC3)C2=O)cc1OC.COc1ccc([C@@H](CCCNc2nccc(C)n2)N2Cc3c(cccc3N3CCCCC3)C2=O)cc1OC. The predicted octanol–water partition coefficient (Wildman–Crippen LogP) is 15.3. The maximum Gasteiger partial charge on any atom is 0.255 e. The molecule has 1 aliphatic carbocycles. The zero-order valence-electron chi connectivity index (χ0n) is 73.3. The number of thiophene rings is 2. The topological polar surface area (TPSA) is 245 Å². The van der Waals surface area contributed by atoms with Gasteiger partial charge in [0.15, 0.2) is 34.5 Å². The molecule has 9 heterocycles. The summed E-state index contributed by atoms with van der Waals surface area (Å²) in [6.07, 6.45) is 12.0. The van der Waals surface area contributed by atoms with Crippen molar-refractivity contribution in [1.82, 2.24) is 43.1 Å². The molecule has 0 bridgehead atoms. The quantitative estimate of drug-likeness (QED) is 0.0368. The lowest BCUT2D eigenvalue weighted by atomic mass is 9.99. The summed E-state index contributed by atoms with van der Waals surface area (Å²) in [6, 6.07) is 45.1. The van der Waals surface area contributed by atoms with Crippen molar-refractivity contribution < 1.29 is 59.6 Å². The van der Waals surface area contributed by atoms with Gasteiger partial charge in [0.05, 0.1) is 60.8 Å². The molecule has 4 fully saturated rings. The van der Waals surface area contributed by atoms with Crippen molar-refractivity contribution >= 4 is 83.5 Å². The Hall–Kier alpha value is -10.1. The molecule has 662 valence electrons. The van der Waals surface area contributed by atoms with E-state index in [1.807, 2.05) is 119 Å². The second kappa shape index (κ2) is 40.9. The summed E-state index contributed by atoms with van der Waals surface area (Å²) in [5.74, 6) is 4.50. The first kappa shape index (κ1) is 90.2. The van der Waals surface area contributed by atoms with Crippen molar-refractivity contribution in [2.75, 3.05) is 162 Å². The molecule has 26 nitrogen and oxygen atoms in total. The first-order valence-corrected chi connectivity index (χ1v) is 47.9. The van der Waals surface area contributed by atoms with E-state index in [4.69, 9.17) is 28.4 Å². The number of aromatic nitrogens is 2. The van der Waals surface area contributed by atoms with Crippen LogP contribution in [-0.2, 0) is 39.7 Å². The average molecular weight is 1770 g/mol. The predicted molar refractivity (Wildman–Crippen MR) is 489 cm³/mol. The van der Waals surface area contributed by atoms with Gasteiger partial charge in [0.25, 0.3) is 37.8 Å². The lowest BCUT2D eigenvalue weighted by Gasteiger charge is -2.38. The van der Waals surface area contributed by atoms with Crippen LogP contribution in [0.2, 0.25) is 0 Å². The minimum Gasteiger partial charge on any atom is -0.493 e. The van der Waals surface area contributed by atoms with E-state index in [2.05, 4.69) is 71.8 Å². The second-order valence-corrected chi connectivity index (χ2v) is 39.3. The van der Waals surface area contributed by atoms with Gasteiger partial charge in [-0.3, -0.25) is 24.2 Å². The third kappa shape index (κ3) is 20.2. The summed E-state index contributed by atoms with van der Waals surface area (Å²) in [5.41, 5.74) is 12.9. The van der Waals surface area contributed by atoms with Gasteiger partial charge in [-0.15, -0.1) is 22.7 Å². The number of carbonyl (C=O) groups is 3. The van der Waals surface area contributed by atoms with Gasteiger partial charge in [-0.25, -0.2) is 35.4 Å². The number of hydrogen-bond donors (Lipinski definition) is 1. The summed E-state index contributed by atoms with van der Waals surface area (Å²) in [7, 11) is 5.81. The fraction of sp³-hybridized carbons (Fsp3) is 0.457. The molecular weight excluding hydrogens is 1650 g/mol. The van der Waals surface area contributed by atoms with E-state index in [1.54, 1.807) is 98.0 Å². The molecule has 0 spiro atoms. The van der Waals surface area contributed by atoms with E-state index >= 15 is 0 Å². The number of methoxy groups -OCH3 is 6. The molecule has 6 aromatic carbocycles. The Labute approximate surface area is 739 Å². The minimum atomic E-state index is -3.55. The Morgan fingerprint density at radius 1 is 0.460 bits per heavy atom. The van der Waals surface area contributed by atoms with Crippen molar-refractivity contribution in [2.45, 2.75) is 150 Å². The van der Waals surface area contributed by atoms with Gasteiger partial charge in [0, 0.05) is 193 Å². The Morgan fingerprint density at radius 3 is 1.21 bits per heavy atom. The van der Waals surface area contributed by atoms with Crippen molar-refractivity contribution in [1.29, 1.82) is 0 Å². The highest BCUT2D eigenvalue weighted by atomic mass is 32.3. The summed E-state index contributed by atoms with van der Waals surface area (Å²) < 4.78 is 88.8. The van der Waals surface area contributed by atoms with E-state index in [1.165, 1.54) is 69.1 Å². The average Bonchev–Trinajstić information content (AvgIpc) is 1.62. The van der Waals surface area contributed by atoms with E-state index in [0.717, 1.165) is 151 Å². The van der Waals surface area contributed by atoms with E-state index < -0.39 is 20.0 Å². The molecule has 3 atom stereocenters. The van der Waals surface area contributed by atoms with Crippen molar-refractivity contribution in [3.05, 3.63) is 212 Å². The lowest BCUT2D eigenvalue weighted by Crippen LogP contribution is -2.49. The molecule has 6 aliphatic heterocycles. The third-order valence-electron chi connectivity index (χ3n) is 25.2.